The molecule has 1 fully saturated rings. The van der Waals surface area contributed by atoms with Crippen molar-refractivity contribution >= 4 is 45.0 Å². The van der Waals surface area contributed by atoms with Gasteiger partial charge in [0.25, 0.3) is 0 Å². The maximum Gasteiger partial charge on any atom is 0.365 e. The van der Waals surface area contributed by atoms with Gasteiger partial charge in [0.15, 0.2) is 5.78 Å². The van der Waals surface area contributed by atoms with Gasteiger partial charge in [0.05, 0.1) is 11.3 Å². The number of rotatable bonds is 9. The van der Waals surface area contributed by atoms with Crippen LogP contribution in [0.5, 0.6) is 0 Å². The molecule has 216 valence electrons. The maximum atomic E-state index is 13.5. The molecule has 4 aromatic carbocycles. The number of benzene rings is 4. The number of aromatic nitrogens is 1. The molecule has 1 heterocycles. The Hall–Kier alpha value is -4.84. The predicted octanol–water partition coefficient (Wildman–Crippen LogP) is 8.51. The van der Waals surface area contributed by atoms with Gasteiger partial charge in [-0.25, -0.2) is 4.79 Å². The summed E-state index contributed by atoms with van der Waals surface area (Å²) in [6.07, 6.45) is 5.09. The largest absolute Gasteiger partial charge is 0.365 e. The zero-order valence-corrected chi connectivity index (χ0v) is 24.6. The van der Waals surface area contributed by atoms with Crippen LogP contribution in [0.15, 0.2) is 96.2 Å². The third-order valence-electron chi connectivity index (χ3n) is 8.62. The van der Waals surface area contributed by atoms with E-state index in [-0.39, 0.29) is 11.5 Å². The van der Waals surface area contributed by atoms with Crippen LogP contribution in [0.25, 0.3) is 21.8 Å². The summed E-state index contributed by atoms with van der Waals surface area (Å²) >= 11 is 0. The molecule has 1 N–H and O–H groups in total. The van der Waals surface area contributed by atoms with Crippen molar-refractivity contribution in [2.75, 3.05) is 0 Å². The molecule has 6 rings (SSSR count). The van der Waals surface area contributed by atoms with Gasteiger partial charge in [0, 0.05) is 45.0 Å². The minimum atomic E-state index is -0.537. The second-order valence-electron chi connectivity index (χ2n) is 11.4. The van der Waals surface area contributed by atoms with Gasteiger partial charge < -0.3 is 9.40 Å². The number of aryl methyl sites for hydroxylation is 2. The van der Waals surface area contributed by atoms with Crippen LogP contribution in [0.1, 0.15) is 76.4 Å². The van der Waals surface area contributed by atoms with Gasteiger partial charge >= 0.3 is 5.97 Å². The van der Waals surface area contributed by atoms with Crippen molar-refractivity contribution in [2.45, 2.75) is 52.5 Å². The molecule has 1 saturated carbocycles. The number of nitrogens with zero attached hydrogens (tertiary/aromatic N) is 2. The smallest absolute Gasteiger partial charge is 0.341 e. The molecule has 1 aliphatic rings. The van der Waals surface area contributed by atoms with Gasteiger partial charge in [-0.05, 0) is 74.2 Å². The highest BCUT2D eigenvalue weighted by Crippen LogP contribution is 2.33. The van der Waals surface area contributed by atoms with Crippen LogP contribution in [-0.4, -0.2) is 27.7 Å². The Morgan fingerprint density at radius 2 is 1.47 bits per heavy atom. The summed E-state index contributed by atoms with van der Waals surface area (Å²) in [7, 11) is 0. The molecule has 0 saturated heterocycles. The molecule has 6 heteroatoms. The molecule has 0 amide bonds. The quantitative estimate of drug-likeness (QED) is 0.0836. The Kier molecular flexibility index (Phi) is 8.01. The first-order chi connectivity index (χ1) is 20.9. The number of carbonyl (C=O) groups is 2. The summed E-state index contributed by atoms with van der Waals surface area (Å²) in [6, 6.07) is 28.3. The summed E-state index contributed by atoms with van der Waals surface area (Å²) in [5, 5.41) is 15.4. The Morgan fingerprint density at radius 1 is 0.837 bits per heavy atom. The third kappa shape index (κ3) is 5.65. The molecule has 0 radical (unpaired) electrons. The standard InChI is InChI=1S/C37H35N3O3/c1-3-40-33-19-17-27(22-30(33)31-23-28(18-20-34(31)40)36(41)29-16-10-7-11-24(29)2)35(38)32(21-25-12-8-9-13-25)39-43-37(42)26-14-5-4-6-15-26/h4-7,10-11,14-20,22-23,25,38H,3,8-9,12-13,21H2,1-2H3. The van der Waals surface area contributed by atoms with Crippen molar-refractivity contribution in [3.63, 3.8) is 0 Å². The fraction of sp³-hybridized carbons (Fsp3) is 0.243. The molecule has 0 unspecified atom stereocenters. The van der Waals surface area contributed by atoms with Crippen molar-refractivity contribution in [2.24, 2.45) is 11.1 Å². The molecule has 0 spiro atoms. The van der Waals surface area contributed by atoms with Crippen molar-refractivity contribution in [1.29, 1.82) is 5.41 Å². The number of nitrogens with one attached hydrogen (secondary N) is 1. The molecule has 6 nitrogen and oxygen atoms in total. The van der Waals surface area contributed by atoms with Gasteiger partial charge in [-0.3, -0.25) is 10.2 Å². The monoisotopic (exact) mass is 569 g/mol. The first-order valence-electron chi connectivity index (χ1n) is 15.0. The lowest BCUT2D eigenvalue weighted by atomic mass is 9.94. The SMILES string of the molecule is CCn1c2ccc(C(=N)C(CC3CCCC3)=NOC(=O)c3ccccc3)cc2c2cc(C(=O)c3ccccc3C)ccc21. The number of ketones is 1. The minimum absolute atomic E-state index is 0.00693. The van der Waals surface area contributed by atoms with Crippen molar-refractivity contribution in [1.82, 2.24) is 4.57 Å². The predicted molar refractivity (Wildman–Crippen MR) is 172 cm³/mol. The van der Waals surface area contributed by atoms with Crippen LogP contribution in [0.3, 0.4) is 0 Å². The number of hydrogen-bond acceptors (Lipinski definition) is 5. The van der Waals surface area contributed by atoms with Gasteiger partial charge in [-0.2, -0.15) is 0 Å². The lowest BCUT2D eigenvalue weighted by Crippen LogP contribution is -2.19. The fourth-order valence-corrected chi connectivity index (χ4v) is 6.29. The molecule has 0 aliphatic heterocycles. The molecule has 1 aliphatic carbocycles. The Labute approximate surface area is 251 Å². The van der Waals surface area contributed by atoms with E-state index in [0.29, 0.717) is 40.3 Å². The Morgan fingerprint density at radius 3 is 2.14 bits per heavy atom. The first-order valence-corrected chi connectivity index (χ1v) is 15.0. The van der Waals surface area contributed by atoms with E-state index < -0.39 is 5.97 Å². The van der Waals surface area contributed by atoms with E-state index in [9.17, 15) is 15.0 Å². The molecule has 0 bridgehead atoms. The molecular formula is C37H35N3O3. The molecule has 1 aromatic heterocycles. The number of hydrogen-bond donors (Lipinski definition) is 1. The number of carbonyl (C=O) groups excluding carboxylic acids is 2. The summed E-state index contributed by atoms with van der Waals surface area (Å²) in [4.78, 5) is 31.5. The van der Waals surface area contributed by atoms with E-state index in [1.807, 2.05) is 73.7 Å². The van der Waals surface area contributed by atoms with Gasteiger partial charge in [-0.1, -0.05) is 79.4 Å². The van der Waals surface area contributed by atoms with Crippen LogP contribution in [-0.2, 0) is 11.4 Å². The molecular weight excluding hydrogens is 534 g/mol. The van der Waals surface area contributed by atoms with E-state index >= 15 is 0 Å². The van der Waals surface area contributed by atoms with Crippen molar-refractivity contribution < 1.29 is 14.4 Å². The van der Waals surface area contributed by atoms with Gasteiger partial charge in [-0.15, -0.1) is 0 Å². The summed E-state index contributed by atoms with van der Waals surface area (Å²) < 4.78 is 2.23. The fourth-order valence-electron chi connectivity index (χ4n) is 6.29. The molecule has 43 heavy (non-hydrogen) atoms. The highest BCUT2D eigenvalue weighted by Gasteiger charge is 2.23. The Bertz CT molecular complexity index is 1880. The second-order valence-corrected chi connectivity index (χ2v) is 11.4. The van der Waals surface area contributed by atoms with Crippen LogP contribution < -0.4 is 0 Å². The normalized spacial score (nSPS) is 14.0. The zero-order chi connectivity index (χ0) is 29.9. The van der Waals surface area contributed by atoms with Gasteiger partial charge in [0.2, 0.25) is 0 Å². The number of oxime groups is 1. The first kappa shape index (κ1) is 28.3. The Balaban J connectivity index is 1.39. The average molecular weight is 570 g/mol. The number of fused-ring (bicyclic) bond motifs is 3. The lowest BCUT2D eigenvalue weighted by Gasteiger charge is -2.13. The molecule has 0 atom stereocenters. The van der Waals surface area contributed by atoms with Crippen LogP contribution >= 0.6 is 0 Å². The van der Waals surface area contributed by atoms with Crippen LogP contribution in [0, 0.1) is 18.3 Å². The van der Waals surface area contributed by atoms with E-state index in [1.54, 1.807) is 24.3 Å². The second kappa shape index (κ2) is 12.2. The van der Waals surface area contributed by atoms with E-state index in [2.05, 4.69) is 16.6 Å². The van der Waals surface area contributed by atoms with Crippen LogP contribution in [0.4, 0.5) is 0 Å². The van der Waals surface area contributed by atoms with E-state index in [0.717, 1.165) is 46.8 Å². The third-order valence-corrected chi connectivity index (χ3v) is 8.62. The highest BCUT2D eigenvalue weighted by atomic mass is 16.7. The lowest BCUT2D eigenvalue weighted by molar-refractivity contribution is 0.0516. The van der Waals surface area contributed by atoms with Crippen molar-refractivity contribution in [3.05, 3.63) is 119 Å². The molecule has 5 aromatic rings. The summed E-state index contributed by atoms with van der Waals surface area (Å²) in [6.45, 7) is 4.83. The van der Waals surface area contributed by atoms with Gasteiger partial charge in [0.1, 0.15) is 5.71 Å². The minimum Gasteiger partial charge on any atom is -0.341 e. The summed E-state index contributed by atoms with van der Waals surface area (Å²) in [5.41, 5.74) is 6.20. The topological polar surface area (TPSA) is 84.5 Å². The zero-order valence-electron chi connectivity index (χ0n) is 24.6. The van der Waals surface area contributed by atoms with E-state index in [4.69, 9.17) is 4.84 Å². The maximum absolute atomic E-state index is 13.5. The van der Waals surface area contributed by atoms with Crippen molar-refractivity contribution in [3.8, 4) is 0 Å². The van der Waals surface area contributed by atoms with Crippen LogP contribution in [0.2, 0.25) is 0 Å². The summed E-state index contributed by atoms with van der Waals surface area (Å²) in [5.74, 6) is -0.132. The average Bonchev–Trinajstić information content (AvgIpc) is 3.67. The van der Waals surface area contributed by atoms with E-state index in [1.165, 1.54) is 12.8 Å². The highest BCUT2D eigenvalue weighted by molar-refractivity contribution is 6.47.